The van der Waals surface area contributed by atoms with Crippen LogP contribution in [-0.4, -0.2) is 46.6 Å². The summed E-state index contributed by atoms with van der Waals surface area (Å²) in [5.41, 5.74) is 0.863. The first-order valence-electron chi connectivity index (χ1n) is 7.45. The van der Waals surface area contributed by atoms with Gasteiger partial charge in [0.25, 0.3) is 0 Å². The lowest BCUT2D eigenvalue weighted by atomic mass is 10.2. The van der Waals surface area contributed by atoms with Crippen molar-refractivity contribution in [3.63, 3.8) is 0 Å². The summed E-state index contributed by atoms with van der Waals surface area (Å²) in [6.07, 6.45) is 1.36. The SMILES string of the molecule is CCCCN1C(=O)C(=O)N(CC(=O)Nc2ccc(C#N)cc2)C1=O. The summed E-state index contributed by atoms with van der Waals surface area (Å²) in [7, 11) is 0. The number of carbonyl (C=O) groups excluding carboxylic acids is 4. The molecule has 124 valence electrons. The molecule has 0 aliphatic carbocycles. The lowest BCUT2D eigenvalue weighted by Gasteiger charge is -2.15. The highest BCUT2D eigenvalue weighted by Gasteiger charge is 2.44. The Hall–Kier alpha value is -3.21. The van der Waals surface area contributed by atoms with E-state index in [9.17, 15) is 19.2 Å². The van der Waals surface area contributed by atoms with Crippen LogP contribution in [0.1, 0.15) is 25.3 Å². The molecule has 1 heterocycles. The third-order valence-electron chi connectivity index (χ3n) is 3.47. The van der Waals surface area contributed by atoms with Crippen molar-refractivity contribution in [3.8, 4) is 6.07 Å². The van der Waals surface area contributed by atoms with Crippen molar-refractivity contribution < 1.29 is 19.2 Å². The normalized spacial score (nSPS) is 14.1. The van der Waals surface area contributed by atoms with Gasteiger partial charge < -0.3 is 5.32 Å². The van der Waals surface area contributed by atoms with Crippen molar-refractivity contribution in [2.24, 2.45) is 0 Å². The van der Waals surface area contributed by atoms with Crippen LogP contribution in [0, 0.1) is 11.3 Å². The maximum atomic E-state index is 12.1. The number of imide groups is 2. The number of hydrogen-bond acceptors (Lipinski definition) is 5. The molecule has 0 saturated carbocycles. The molecule has 1 saturated heterocycles. The fourth-order valence-corrected chi connectivity index (χ4v) is 2.18. The molecule has 2 rings (SSSR count). The van der Waals surface area contributed by atoms with Crippen molar-refractivity contribution in [1.82, 2.24) is 9.80 Å². The third-order valence-corrected chi connectivity index (χ3v) is 3.47. The number of carbonyl (C=O) groups is 4. The quantitative estimate of drug-likeness (QED) is 0.621. The van der Waals surface area contributed by atoms with Crippen LogP contribution in [0.3, 0.4) is 0 Å². The van der Waals surface area contributed by atoms with Gasteiger partial charge in [0.2, 0.25) is 5.91 Å². The van der Waals surface area contributed by atoms with E-state index in [1.54, 1.807) is 0 Å². The van der Waals surface area contributed by atoms with E-state index in [-0.39, 0.29) is 6.54 Å². The summed E-state index contributed by atoms with van der Waals surface area (Å²) in [5.74, 6) is -2.50. The van der Waals surface area contributed by atoms with Gasteiger partial charge >= 0.3 is 17.8 Å². The Morgan fingerprint density at radius 2 is 1.75 bits per heavy atom. The second-order valence-electron chi connectivity index (χ2n) is 5.22. The number of unbranched alkanes of at least 4 members (excludes halogenated alkanes) is 1. The second-order valence-corrected chi connectivity index (χ2v) is 5.22. The zero-order chi connectivity index (χ0) is 17.7. The Bertz CT molecular complexity index is 721. The Kier molecular flexibility index (Phi) is 5.27. The molecular formula is C16H16N4O4. The second kappa shape index (κ2) is 7.37. The van der Waals surface area contributed by atoms with Crippen molar-refractivity contribution in [1.29, 1.82) is 5.26 Å². The Labute approximate surface area is 138 Å². The molecule has 5 amide bonds. The molecule has 0 aromatic heterocycles. The molecule has 0 radical (unpaired) electrons. The van der Waals surface area contributed by atoms with Crippen LogP contribution in [0.4, 0.5) is 10.5 Å². The summed E-state index contributed by atoms with van der Waals surface area (Å²) >= 11 is 0. The van der Waals surface area contributed by atoms with Crippen LogP contribution in [-0.2, 0) is 14.4 Å². The molecule has 24 heavy (non-hydrogen) atoms. The topological polar surface area (TPSA) is 111 Å². The number of amides is 5. The average Bonchev–Trinajstić information content (AvgIpc) is 2.77. The number of urea groups is 1. The van der Waals surface area contributed by atoms with Crippen LogP contribution in [0.2, 0.25) is 0 Å². The van der Waals surface area contributed by atoms with Crippen LogP contribution in [0.5, 0.6) is 0 Å². The van der Waals surface area contributed by atoms with Gasteiger partial charge in [0, 0.05) is 12.2 Å². The maximum Gasteiger partial charge on any atom is 0.334 e. The van der Waals surface area contributed by atoms with E-state index in [1.807, 2.05) is 13.0 Å². The Morgan fingerprint density at radius 3 is 2.33 bits per heavy atom. The van der Waals surface area contributed by atoms with Gasteiger partial charge in [-0.3, -0.25) is 19.3 Å². The van der Waals surface area contributed by atoms with Gasteiger partial charge in [-0.15, -0.1) is 0 Å². The molecule has 8 heteroatoms. The standard InChI is InChI=1S/C16H16N4O4/c1-2-3-8-19-14(22)15(23)20(16(19)24)10-13(21)18-12-6-4-11(9-17)5-7-12/h4-7H,2-3,8,10H2,1H3,(H,18,21). The summed E-state index contributed by atoms with van der Waals surface area (Å²) in [4.78, 5) is 49.2. The highest BCUT2D eigenvalue weighted by molar-refractivity contribution is 6.45. The number of hydrogen-bond donors (Lipinski definition) is 1. The van der Waals surface area contributed by atoms with Gasteiger partial charge in [-0.05, 0) is 30.7 Å². The number of nitrogens with zero attached hydrogens (tertiary/aromatic N) is 3. The molecule has 1 N–H and O–H groups in total. The molecule has 1 aliphatic heterocycles. The molecule has 0 unspecified atom stereocenters. The molecule has 1 aromatic carbocycles. The monoisotopic (exact) mass is 328 g/mol. The zero-order valence-electron chi connectivity index (χ0n) is 13.1. The molecule has 0 bridgehead atoms. The first kappa shape index (κ1) is 17.1. The fourth-order valence-electron chi connectivity index (χ4n) is 2.18. The summed E-state index contributed by atoms with van der Waals surface area (Å²) < 4.78 is 0. The summed E-state index contributed by atoms with van der Waals surface area (Å²) in [6, 6.07) is 7.29. The van der Waals surface area contributed by atoms with E-state index in [2.05, 4.69) is 5.32 Å². The minimum absolute atomic E-state index is 0.160. The van der Waals surface area contributed by atoms with E-state index >= 15 is 0 Å². The first-order chi connectivity index (χ1) is 11.5. The molecule has 0 atom stereocenters. The molecule has 1 aromatic rings. The van der Waals surface area contributed by atoms with Crippen molar-refractivity contribution in [2.75, 3.05) is 18.4 Å². The van der Waals surface area contributed by atoms with Gasteiger partial charge in [-0.1, -0.05) is 13.3 Å². The number of anilines is 1. The largest absolute Gasteiger partial charge is 0.334 e. The number of rotatable bonds is 6. The minimum Gasteiger partial charge on any atom is -0.325 e. The van der Waals surface area contributed by atoms with Gasteiger partial charge in [0.05, 0.1) is 11.6 Å². The first-order valence-corrected chi connectivity index (χ1v) is 7.45. The predicted octanol–water partition coefficient (Wildman–Crippen LogP) is 1.09. The lowest BCUT2D eigenvalue weighted by molar-refractivity contribution is -0.143. The smallest absolute Gasteiger partial charge is 0.325 e. The van der Waals surface area contributed by atoms with Crippen LogP contribution in [0.25, 0.3) is 0 Å². The van der Waals surface area contributed by atoms with E-state index in [0.717, 1.165) is 11.3 Å². The summed E-state index contributed by atoms with van der Waals surface area (Å²) in [5, 5.41) is 11.2. The molecule has 1 fully saturated rings. The van der Waals surface area contributed by atoms with E-state index in [0.29, 0.717) is 22.6 Å². The lowest BCUT2D eigenvalue weighted by Crippen LogP contribution is -2.39. The highest BCUT2D eigenvalue weighted by Crippen LogP contribution is 2.14. The van der Waals surface area contributed by atoms with Crippen molar-refractivity contribution in [2.45, 2.75) is 19.8 Å². The van der Waals surface area contributed by atoms with Crippen molar-refractivity contribution in [3.05, 3.63) is 29.8 Å². The van der Waals surface area contributed by atoms with Gasteiger partial charge in [-0.25, -0.2) is 9.69 Å². The molecule has 0 spiro atoms. The molecule has 1 aliphatic rings. The van der Waals surface area contributed by atoms with E-state index in [4.69, 9.17) is 5.26 Å². The Morgan fingerprint density at radius 1 is 1.12 bits per heavy atom. The average molecular weight is 328 g/mol. The predicted molar refractivity (Wildman–Crippen MR) is 83.5 cm³/mol. The zero-order valence-corrected chi connectivity index (χ0v) is 13.1. The summed E-state index contributed by atoms with van der Waals surface area (Å²) in [6.45, 7) is 1.52. The minimum atomic E-state index is -0.994. The van der Waals surface area contributed by atoms with Gasteiger partial charge in [0.1, 0.15) is 6.54 Å². The third kappa shape index (κ3) is 3.57. The van der Waals surface area contributed by atoms with E-state index in [1.165, 1.54) is 24.3 Å². The van der Waals surface area contributed by atoms with Crippen LogP contribution < -0.4 is 5.32 Å². The number of benzene rings is 1. The van der Waals surface area contributed by atoms with Gasteiger partial charge in [-0.2, -0.15) is 5.26 Å². The van der Waals surface area contributed by atoms with E-state index < -0.39 is 30.3 Å². The van der Waals surface area contributed by atoms with Crippen LogP contribution >= 0.6 is 0 Å². The highest BCUT2D eigenvalue weighted by atomic mass is 16.2. The molecule has 8 nitrogen and oxygen atoms in total. The van der Waals surface area contributed by atoms with Crippen LogP contribution in [0.15, 0.2) is 24.3 Å². The Balaban J connectivity index is 2.00. The maximum absolute atomic E-state index is 12.1. The van der Waals surface area contributed by atoms with Crippen molar-refractivity contribution >= 4 is 29.4 Å². The number of nitrogens with one attached hydrogen (secondary N) is 1. The molecular weight excluding hydrogens is 312 g/mol. The number of nitriles is 1. The van der Waals surface area contributed by atoms with Gasteiger partial charge in [0.15, 0.2) is 0 Å². The fraction of sp³-hybridized carbons (Fsp3) is 0.312.